The van der Waals surface area contributed by atoms with Gasteiger partial charge in [-0.15, -0.1) is 11.3 Å². The Morgan fingerprint density at radius 2 is 2.27 bits per heavy atom. The molecule has 15 heavy (non-hydrogen) atoms. The van der Waals surface area contributed by atoms with Gasteiger partial charge in [0.2, 0.25) is 0 Å². The SMILES string of the molecule is O=C(O)CCCC(F)(F)c1sccc1Br. The number of hydrogen-bond donors (Lipinski definition) is 1. The predicted molar refractivity (Wildman–Crippen MR) is 57.4 cm³/mol. The van der Waals surface area contributed by atoms with E-state index in [1.54, 1.807) is 11.4 Å². The van der Waals surface area contributed by atoms with Crippen molar-refractivity contribution in [2.45, 2.75) is 25.2 Å². The number of aliphatic carboxylic acids is 1. The second-order valence-electron chi connectivity index (χ2n) is 3.05. The van der Waals surface area contributed by atoms with Crippen LogP contribution in [0.5, 0.6) is 0 Å². The average molecular weight is 299 g/mol. The molecular weight excluding hydrogens is 290 g/mol. The minimum absolute atomic E-state index is 0.0212. The number of hydrogen-bond acceptors (Lipinski definition) is 2. The highest BCUT2D eigenvalue weighted by Gasteiger charge is 2.34. The Kier molecular flexibility index (Phi) is 4.21. The third-order valence-corrected chi connectivity index (χ3v) is 3.78. The van der Waals surface area contributed by atoms with Crippen molar-refractivity contribution in [3.05, 3.63) is 20.8 Å². The Morgan fingerprint density at radius 1 is 1.60 bits per heavy atom. The van der Waals surface area contributed by atoms with Crippen LogP contribution in [0.3, 0.4) is 0 Å². The molecule has 1 rings (SSSR count). The Morgan fingerprint density at radius 3 is 2.73 bits per heavy atom. The number of carbonyl (C=O) groups is 1. The minimum atomic E-state index is -2.94. The van der Waals surface area contributed by atoms with Crippen LogP contribution in [0.2, 0.25) is 0 Å². The van der Waals surface area contributed by atoms with Gasteiger partial charge in [-0.05, 0) is 33.8 Å². The molecule has 1 N–H and O–H groups in total. The van der Waals surface area contributed by atoms with Crippen LogP contribution in [0, 0.1) is 0 Å². The molecule has 0 aliphatic rings. The third-order valence-electron chi connectivity index (χ3n) is 1.83. The highest BCUT2D eigenvalue weighted by Crippen LogP contribution is 2.40. The van der Waals surface area contributed by atoms with Gasteiger partial charge in [0, 0.05) is 17.3 Å². The first-order valence-corrected chi connectivity index (χ1v) is 5.94. The van der Waals surface area contributed by atoms with Gasteiger partial charge < -0.3 is 5.11 Å². The van der Waals surface area contributed by atoms with Gasteiger partial charge in [-0.3, -0.25) is 4.79 Å². The van der Waals surface area contributed by atoms with Crippen LogP contribution in [0.4, 0.5) is 8.78 Å². The zero-order valence-corrected chi connectivity index (χ0v) is 10.1. The van der Waals surface area contributed by atoms with E-state index in [0.29, 0.717) is 4.47 Å². The van der Waals surface area contributed by atoms with Crippen LogP contribution < -0.4 is 0 Å². The Balaban J connectivity index is 2.59. The maximum absolute atomic E-state index is 13.5. The summed E-state index contributed by atoms with van der Waals surface area (Å²) in [5.41, 5.74) is 0. The van der Waals surface area contributed by atoms with Crippen molar-refractivity contribution in [2.75, 3.05) is 0 Å². The normalized spacial score (nSPS) is 11.7. The van der Waals surface area contributed by atoms with Gasteiger partial charge >= 0.3 is 5.97 Å². The number of carboxylic acids is 1. The third kappa shape index (κ3) is 3.53. The van der Waals surface area contributed by atoms with Crippen molar-refractivity contribution in [1.82, 2.24) is 0 Å². The van der Waals surface area contributed by atoms with Crippen molar-refractivity contribution < 1.29 is 18.7 Å². The number of rotatable bonds is 5. The van der Waals surface area contributed by atoms with E-state index in [1.165, 1.54) is 0 Å². The average Bonchev–Trinajstić information content (AvgIpc) is 2.50. The Labute approximate surface area is 98.1 Å². The van der Waals surface area contributed by atoms with E-state index in [0.717, 1.165) is 11.3 Å². The van der Waals surface area contributed by atoms with E-state index in [-0.39, 0.29) is 17.7 Å². The Bertz CT molecular complexity index is 352. The predicted octanol–water partition coefficient (Wildman–Crippen LogP) is 3.86. The molecular formula is C9H9BrF2O2S. The molecule has 0 saturated carbocycles. The maximum atomic E-state index is 13.5. The van der Waals surface area contributed by atoms with Crippen LogP contribution in [0.15, 0.2) is 15.9 Å². The Hall–Kier alpha value is -0.490. The molecule has 0 aliphatic heterocycles. The summed E-state index contributed by atoms with van der Waals surface area (Å²) in [6.07, 6.45) is -0.677. The highest BCUT2D eigenvalue weighted by atomic mass is 79.9. The van der Waals surface area contributed by atoms with Gasteiger partial charge in [0.15, 0.2) is 0 Å². The van der Waals surface area contributed by atoms with E-state index in [1.807, 2.05) is 0 Å². The van der Waals surface area contributed by atoms with Gasteiger partial charge in [-0.25, -0.2) is 8.78 Å². The van der Waals surface area contributed by atoms with Gasteiger partial charge in [-0.2, -0.15) is 0 Å². The molecule has 1 heterocycles. The molecule has 0 unspecified atom stereocenters. The van der Waals surface area contributed by atoms with E-state index in [4.69, 9.17) is 5.11 Å². The van der Waals surface area contributed by atoms with Crippen molar-refractivity contribution >= 4 is 33.2 Å². The number of thiophene rings is 1. The highest BCUT2D eigenvalue weighted by molar-refractivity contribution is 9.10. The molecule has 0 amide bonds. The second kappa shape index (κ2) is 5.03. The summed E-state index contributed by atoms with van der Waals surface area (Å²) < 4.78 is 27.4. The molecule has 1 aromatic heterocycles. The number of carboxylic acid groups (broad SMARTS) is 1. The largest absolute Gasteiger partial charge is 0.481 e. The number of alkyl halides is 2. The molecule has 1 aromatic rings. The zero-order chi connectivity index (χ0) is 11.5. The molecule has 0 fully saturated rings. The lowest BCUT2D eigenvalue weighted by Gasteiger charge is -2.14. The monoisotopic (exact) mass is 298 g/mol. The quantitative estimate of drug-likeness (QED) is 0.896. The standard InChI is InChI=1S/C9H9BrF2O2S/c10-6-3-5-15-8(6)9(11,12)4-1-2-7(13)14/h3,5H,1-2,4H2,(H,13,14). The second-order valence-corrected chi connectivity index (χ2v) is 4.82. The van der Waals surface area contributed by atoms with E-state index in [9.17, 15) is 13.6 Å². The van der Waals surface area contributed by atoms with Crippen molar-refractivity contribution in [2.24, 2.45) is 0 Å². The fraction of sp³-hybridized carbons (Fsp3) is 0.444. The molecule has 0 atom stereocenters. The molecule has 6 heteroatoms. The molecule has 84 valence electrons. The molecule has 0 radical (unpaired) electrons. The van der Waals surface area contributed by atoms with Crippen LogP contribution in [0.1, 0.15) is 24.1 Å². The minimum Gasteiger partial charge on any atom is -0.481 e. The van der Waals surface area contributed by atoms with Gasteiger partial charge in [-0.1, -0.05) is 0 Å². The van der Waals surface area contributed by atoms with Gasteiger partial charge in [0.1, 0.15) is 0 Å². The molecule has 0 saturated heterocycles. The van der Waals surface area contributed by atoms with Crippen LogP contribution in [-0.2, 0) is 10.7 Å². The fourth-order valence-corrected chi connectivity index (χ4v) is 2.80. The van der Waals surface area contributed by atoms with Gasteiger partial charge in [0.05, 0.1) is 4.88 Å². The summed E-state index contributed by atoms with van der Waals surface area (Å²) >= 11 is 4.01. The smallest absolute Gasteiger partial charge is 0.303 e. The summed E-state index contributed by atoms with van der Waals surface area (Å²) in [4.78, 5) is 10.2. The lowest BCUT2D eigenvalue weighted by atomic mass is 10.1. The topological polar surface area (TPSA) is 37.3 Å². The zero-order valence-electron chi connectivity index (χ0n) is 7.67. The molecule has 0 aliphatic carbocycles. The van der Waals surface area contributed by atoms with E-state index in [2.05, 4.69) is 15.9 Å². The molecule has 0 bridgehead atoms. The maximum Gasteiger partial charge on any atom is 0.303 e. The molecule has 2 nitrogen and oxygen atoms in total. The number of halogens is 3. The first kappa shape index (κ1) is 12.6. The summed E-state index contributed by atoms with van der Waals surface area (Å²) in [5, 5.41) is 9.92. The lowest BCUT2D eigenvalue weighted by molar-refractivity contribution is -0.137. The first-order chi connectivity index (χ1) is 6.93. The van der Waals surface area contributed by atoms with E-state index >= 15 is 0 Å². The summed E-state index contributed by atoms with van der Waals surface area (Å²) in [7, 11) is 0. The van der Waals surface area contributed by atoms with Crippen LogP contribution in [0.25, 0.3) is 0 Å². The summed E-state index contributed by atoms with van der Waals surface area (Å²) in [6.45, 7) is 0. The fourth-order valence-electron chi connectivity index (χ4n) is 1.13. The van der Waals surface area contributed by atoms with Crippen LogP contribution >= 0.6 is 27.3 Å². The van der Waals surface area contributed by atoms with Crippen molar-refractivity contribution in [1.29, 1.82) is 0 Å². The summed E-state index contributed by atoms with van der Waals surface area (Å²) in [6, 6.07) is 1.56. The van der Waals surface area contributed by atoms with E-state index < -0.39 is 18.3 Å². The van der Waals surface area contributed by atoms with Crippen molar-refractivity contribution in [3.8, 4) is 0 Å². The van der Waals surface area contributed by atoms with Gasteiger partial charge in [0.25, 0.3) is 5.92 Å². The molecule has 0 aromatic carbocycles. The first-order valence-electron chi connectivity index (χ1n) is 4.26. The molecule has 0 spiro atoms. The lowest BCUT2D eigenvalue weighted by Crippen LogP contribution is -2.12. The summed E-state index contributed by atoms with van der Waals surface area (Å²) in [5.74, 6) is -3.99. The van der Waals surface area contributed by atoms with Crippen LogP contribution in [-0.4, -0.2) is 11.1 Å². The van der Waals surface area contributed by atoms with Crippen molar-refractivity contribution in [3.63, 3.8) is 0 Å².